The van der Waals surface area contributed by atoms with E-state index in [0.717, 1.165) is 25.9 Å². The second kappa shape index (κ2) is 7.41. The van der Waals surface area contributed by atoms with E-state index in [9.17, 15) is 0 Å². The second-order valence-corrected chi connectivity index (χ2v) is 5.84. The van der Waals surface area contributed by atoms with Crippen LogP contribution in [0.5, 0.6) is 0 Å². The van der Waals surface area contributed by atoms with E-state index in [1.54, 1.807) is 0 Å². The number of benzene rings is 1. The molecule has 2 aromatic rings. The second-order valence-electron chi connectivity index (χ2n) is 5.84. The zero-order chi connectivity index (χ0) is 15.2. The first-order valence-corrected chi connectivity index (χ1v) is 7.99. The lowest BCUT2D eigenvalue weighted by Gasteiger charge is -2.10. The maximum atomic E-state index is 4.68. The van der Waals surface area contributed by atoms with Crippen molar-refractivity contribution in [2.24, 2.45) is 0 Å². The lowest BCUT2D eigenvalue weighted by Crippen LogP contribution is -2.21. The summed E-state index contributed by atoms with van der Waals surface area (Å²) in [6.45, 7) is 10.5. The van der Waals surface area contributed by atoms with Gasteiger partial charge in [0.05, 0.1) is 12.2 Å². The van der Waals surface area contributed by atoms with E-state index < -0.39 is 0 Å². The van der Waals surface area contributed by atoms with Gasteiger partial charge in [-0.2, -0.15) is 5.10 Å². The van der Waals surface area contributed by atoms with E-state index in [2.05, 4.69) is 73.1 Å². The SMILES string of the molecule is CCc1cc(CC)n(Cc2ccc(CNC(C)C)cc2)n1. The van der Waals surface area contributed by atoms with Crippen molar-refractivity contribution in [3.05, 3.63) is 52.8 Å². The number of nitrogens with one attached hydrogen (secondary N) is 1. The monoisotopic (exact) mass is 285 g/mol. The van der Waals surface area contributed by atoms with Crippen LogP contribution in [0.1, 0.15) is 50.2 Å². The van der Waals surface area contributed by atoms with Crippen LogP contribution in [-0.4, -0.2) is 15.8 Å². The van der Waals surface area contributed by atoms with Gasteiger partial charge in [0.1, 0.15) is 0 Å². The number of aromatic nitrogens is 2. The Labute approximate surface area is 128 Å². The van der Waals surface area contributed by atoms with E-state index in [1.807, 2.05) is 0 Å². The lowest BCUT2D eigenvalue weighted by molar-refractivity contribution is 0.588. The molecule has 3 heteroatoms. The summed E-state index contributed by atoms with van der Waals surface area (Å²) in [5.74, 6) is 0. The van der Waals surface area contributed by atoms with Crippen molar-refractivity contribution in [2.45, 2.75) is 59.7 Å². The molecule has 0 spiro atoms. The summed E-state index contributed by atoms with van der Waals surface area (Å²) in [6.07, 6.45) is 2.03. The first-order chi connectivity index (χ1) is 10.1. The highest BCUT2D eigenvalue weighted by Crippen LogP contribution is 2.11. The molecule has 1 aromatic carbocycles. The third kappa shape index (κ3) is 4.43. The molecule has 3 nitrogen and oxygen atoms in total. The molecular weight excluding hydrogens is 258 g/mol. The molecule has 1 heterocycles. The molecule has 0 saturated heterocycles. The molecule has 0 fully saturated rings. The van der Waals surface area contributed by atoms with Crippen molar-refractivity contribution in [3.8, 4) is 0 Å². The largest absolute Gasteiger partial charge is 0.310 e. The van der Waals surface area contributed by atoms with Gasteiger partial charge in [0, 0.05) is 18.3 Å². The van der Waals surface area contributed by atoms with Crippen LogP contribution < -0.4 is 5.32 Å². The van der Waals surface area contributed by atoms with Crippen molar-refractivity contribution >= 4 is 0 Å². The maximum absolute atomic E-state index is 4.68. The summed E-state index contributed by atoms with van der Waals surface area (Å²) >= 11 is 0. The Kier molecular flexibility index (Phi) is 5.57. The molecule has 0 amide bonds. The van der Waals surface area contributed by atoms with E-state index >= 15 is 0 Å². The summed E-state index contributed by atoms with van der Waals surface area (Å²) in [4.78, 5) is 0. The van der Waals surface area contributed by atoms with Gasteiger partial charge in [-0.05, 0) is 30.0 Å². The predicted molar refractivity (Wildman–Crippen MR) is 88.5 cm³/mol. The van der Waals surface area contributed by atoms with Crippen molar-refractivity contribution < 1.29 is 0 Å². The van der Waals surface area contributed by atoms with Gasteiger partial charge < -0.3 is 5.32 Å². The summed E-state index contributed by atoms with van der Waals surface area (Å²) in [5, 5.41) is 8.12. The summed E-state index contributed by atoms with van der Waals surface area (Å²) < 4.78 is 2.14. The first kappa shape index (κ1) is 15.8. The Bertz CT molecular complexity index is 552. The fourth-order valence-electron chi connectivity index (χ4n) is 2.37. The Morgan fingerprint density at radius 1 is 1.05 bits per heavy atom. The van der Waals surface area contributed by atoms with Crippen LogP contribution in [0.25, 0.3) is 0 Å². The zero-order valence-electron chi connectivity index (χ0n) is 13.7. The molecule has 0 aliphatic carbocycles. The predicted octanol–water partition coefficient (Wildman–Crippen LogP) is 3.55. The van der Waals surface area contributed by atoms with Gasteiger partial charge >= 0.3 is 0 Å². The standard InChI is InChI=1S/C18H27N3/c1-5-17-11-18(6-2)21(20-17)13-16-9-7-15(8-10-16)12-19-14(3)4/h7-11,14,19H,5-6,12-13H2,1-4H3. The summed E-state index contributed by atoms with van der Waals surface area (Å²) in [6, 6.07) is 11.6. The van der Waals surface area contributed by atoms with Crippen molar-refractivity contribution in [1.82, 2.24) is 15.1 Å². The van der Waals surface area contributed by atoms with Crippen LogP contribution in [-0.2, 0) is 25.9 Å². The maximum Gasteiger partial charge on any atom is 0.0662 e. The number of hydrogen-bond donors (Lipinski definition) is 1. The minimum Gasteiger partial charge on any atom is -0.310 e. The highest BCUT2D eigenvalue weighted by molar-refractivity contribution is 5.23. The highest BCUT2D eigenvalue weighted by atomic mass is 15.3. The number of nitrogens with zero attached hydrogens (tertiary/aromatic N) is 2. The Morgan fingerprint density at radius 2 is 1.71 bits per heavy atom. The molecule has 0 atom stereocenters. The minimum atomic E-state index is 0.522. The van der Waals surface area contributed by atoms with Gasteiger partial charge in [0.2, 0.25) is 0 Å². The first-order valence-electron chi connectivity index (χ1n) is 7.99. The Morgan fingerprint density at radius 3 is 2.29 bits per heavy atom. The lowest BCUT2D eigenvalue weighted by atomic mass is 10.1. The average molecular weight is 285 g/mol. The molecular formula is C18H27N3. The van der Waals surface area contributed by atoms with Crippen molar-refractivity contribution in [1.29, 1.82) is 0 Å². The number of hydrogen-bond acceptors (Lipinski definition) is 2. The Hall–Kier alpha value is -1.61. The van der Waals surface area contributed by atoms with Crippen LogP contribution in [0, 0.1) is 0 Å². The molecule has 0 radical (unpaired) electrons. The summed E-state index contributed by atoms with van der Waals surface area (Å²) in [7, 11) is 0. The fourth-order valence-corrected chi connectivity index (χ4v) is 2.37. The molecule has 0 aliphatic heterocycles. The van der Waals surface area contributed by atoms with Crippen LogP contribution >= 0.6 is 0 Å². The molecule has 114 valence electrons. The van der Waals surface area contributed by atoms with Crippen molar-refractivity contribution in [2.75, 3.05) is 0 Å². The van der Waals surface area contributed by atoms with Crippen molar-refractivity contribution in [3.63, 3.8) is 0 Å². The van der Waals surface area contributed by atoms with E-state index in [-0.39, 0.29) is 0 Å². The number of aryl methyl sites for hydroxylation is 2. The molecule has 0 aliphatic rings. The van der Waals surface area contributed by atoms with E-state index in [4.69, 9.17) is 0 Å². The molecule has 0 unspecified atom stereocenters. The summed E-state index contributed by atoms with van der Waals surface area (Å²) in [5.41, 5.74) is 5.14. The van der Waals surface area contributed by atoms with Crippen LogP contribution in [0.3, 0.4) is 0 Å². The van der Waals surface area contributed by atoms with Crippen LogP contribution in [0.15, 0.2) is 30.3 Å². The van der Waals surface area contributed by atoms with Crippen LogP contribution in [0.4, 0.5) is 0 Å². The fraction of sp³-hybridized carbons (Fsp3) is 0.500. The van der Waals surface area contributed by atoms with Gasteiger partial charge in [-0.25, -0.2) is 0 Å². The van der Waals surface area contributed by atoms with Gasteiger partial charge in [0.25, 0.3) is 0 Å². The zero-order valence-corrected chi connectivity index (χ0v) is 13.7. The molecule has 21 heavy (non-hydrogen) atoms. The minimum absolute atomic E-state index is 0.522. The molecule has 0 bridgehead atoms. The van der Waals surface area contributed by atoms with Crippen LogP contribution in [0.2, 0.25) is 0 Å². The molecule has 0 saturated carbocycles. The Balaban J connectivity index is 2.04. The number of rotatable bonds is 7. The third-order valence-corrected chi connectivity index (χ3v) is 3.71. The highest BCUT2D eigenvalue weighted by Gasteiger charge is 2.06. The molecule has 1 N–H and O–H groups in total. The molecule has 2 rings (SSSR count). The normalized spacial score (nSPS) is 11.3. The third-order valence-electron chi connectivity index (χ3n) is 3.71. The van der Waals surface area contributed by atoms with E-state index in [0.29, 0.717) is 6.04 Å². The topological polar surface area (TPSA) is 29.9 Å². The van der Waals surface area contributed by atoms with Gasteiger partial charge in [0.15, 0.2) is 0 Å². The van der Waals surface area contributed by atoms with Gasteiger partial charge in [-0.3, -0.25) is 4.68 Å². The van der Waals surface area contributed by atoms with Gasteiger partial charge in [-0.15, -0.1) is 0 Å². The quantitative estimate of drug-likeness (QED) is 0.843. The smallest absolute Gasteiger partial charge is 0.0662 e. The van der Waals surface area contributed by atoms with Gasteiger partial charge in [-0.1, -0.05) is 52.0 Å². The molecule has 1 aromatic heterocycles. The average Bonchev–Trinajstić information content (AvgIpc) is 2.88. The van der Waals surface area contributed by atoms with E-state index in [1.165, 1.54) is 22.5 Å².